The number of aromatic carboxylic acids is 1. The minimum atomic E-state index is -3.96. The molecule has 2 N–H and O–H groups in total. The molecule has 2 rings (SSSR count). The number of pyridine rings is 1. The van der Waals surface area contributed by atoms with E-state index in [2.05, 4.69) is 9.71 Å². The molecule has 0 amide bonds. The van der Waals surface area contributed by atoms with Crippen molar-refractivity contribution in [1.29, 1.82) is 0 Å². The first-order valence-electron chi connectivity index (χ1n) is 5.92. The van der Waals surface area contributed by atoms with E-state index >= 15 is 0 Å². The standard InChI is InChI=1S/C12H12ClN3O4S/c1-2-16-7-8(6-10(16)12(17)18)21(19,20)15-11-9(13)4-3-5-14-11/h3-7H,2H2,1H3,(H,14,15)(H,17,18). The highest BCUT2D eigenvalue weighted by atomic mass is 35.5. The van der Waals surface area contributed by atoms with Crippen LogP contribution in [0.5, 0.6) is 0 Å². The number of aromatic nitrogens is 2. The van der Waals surface area contributed by atoms with Gasteiger partial charge in [0, 0.05) is 18.9 Å². The molecule has 0 aliphatic heterocycles. The molecule has 2 aromatic heterocycles. The van der Waals surface area contributed by atoms with Crippen LogP contribution in [0.1, 0.15) is 17.4 Å². The molecule has 0 atom stereocenters. The Kier molecular flexibility index (Phi) is 4.19. The van der Waals surface area contributed by atoms with Gasteiger partial charge in [-0.15, -0.1) is 0 Å². The van der Waals surface area contributed by atoms with Crippen LogP contribution < -0.4 is 4.72 Å². The highest BCUT2D eigenvalue weighted by Crippen LogP contribution is 2.22. The Morgan fingerprint density at radius 2 is 2.24 bits per heavy atom. The van der Waals surface area contributed by atoms with Gasteiger partial charge in [0.15, 0.2) is 5.82 Å². The zero-order chi connectivity index (χ0) is 15.6. The number of hydrogen-bond acceptors (Lipinski definition) is 4. The summed E-state index contributed by atoms with van der Waals surface area (Å²) in [7, 11) is -3.96. The first-order chi connectivity index (χ1) is 9.85. The maximum Gasteiger partial charge on any atom is 0.352 e. The minimum Gasteiger partial charge on any atom is -0.477 e. The third kappa shape index (κ3) is 3.17. The summed E-state index contributed by atoms with van der Waals surface area (Å²) in [4.78, 5) is 14.7. The summed E-state index contributed by atoms with van der Waals surface area (Å²) in [5.41, 5.74) is -0.106. The fourth-order valence-corrected chi connectivity index (χ4v) is 3.01. The van der Waals surface area contributed by atoms with E-state index in [-0.39, 0.29) is 21.4 Å². The molecule has 0 aromatic carbocycles. The normalized spacial score (nSPS) is 11.3. The number of carboxylic acids is 1. The molecule has 0 fully saturated rings. The molecule has 2 aromatic rings. The molecule has 0 radical (unpaired) electrons. The maximum absolute atomic E-state index is 12.2. The van der Waals surface area contributed by atoms with Crippen molar-refractivity contribution in [3.05, 3.63) is 41.3 Å². The van der Waals surface area contributed by atoms with Gasteiger partial charge >= 0.3 is 5.97 Å². The maximum atomic E-state index is 12.2. The number of rotatable bonds is 5. The first kappa shape index (κ1) is 15.3. The number of anilines is 1. The largest absolute Gasteiger partial charge is 0.477 e. The smallest absolute Gasteiger partial charge is 0.352 e. The summed E-state index contributed by atoms with van der Waals surface area (Å²) in [6.07, 6.45) is 2.65. The average Bonchev–Trinajstić information content (AvgIpc) is 2.86. The summed E-state index contributed by atoms with van der Waals surface area (Å²) in [6, 6.07) is 4.15. The zero-order valence-electron chi connectivity index (χ0n) is 10.9. The second-order valence-electron chi connectivity index (χ2n) is 4.09. The lowest BCUT2D eigenvalue weighted by atomic mass is 10.4. The van der Waals surface area contributed by atoms with Crippen LogP contribution >= 0.6 is 11.6 Å². The van der Waals surface area contributed by atoms with Gasteiger partial charge in [0.2, 0.25) is 0 Å². The Hall–Kier alpha value is -2.06. The van der Waals surface area contributed by atoms with Gasteiger partial charge in [0.1, 0.15) is 10.6 Å². The zero-order valence-corrected chi connectivity index (χ0v) is 12.5. The van der Waals surface area contributed by atoms with E-state index in [9.17, 15) is 13.2 Å². The van der Waals surface area contributed by atoms with Crippen LogP contribution in [0.4, 0.5) is 5.82 Å². The molecular weight excluding hydrogens is 318 g/mol. The minimum absolute atomic E-state index is 0.0136. The number of halogens is 1. The Labute approximate surface area is 126 Å². The molecule has 112 valence electrons. The topological polar surface area (TPSA) is 101 Å². The van der Waals surface area contributed by atoms with Crippen molar-refractivity contribution >= 4 is 33.4 Å². The van der Waals surface area contributed by atoms with Gasteiger partial charge in [-0.05, 0) is 25.1 Å². The fraction of sp³-hybridized carbons (Fsp3) is 0.167. The molecule has 0 aliphatic carbocycles. The van der Waals surface area contributed by atoms with Crippen molar-refractivity contribution < 1.29 is 18.3 Å². The van der Waals surface area contributed by atoms with Gasteiger partial charge in [-0.25, -0.2) is 18.2 Å². The Bertz CT molecular complexity index is 786. The van der Waals surface area contributed by atoms with E-state index < -0.39 is 16.0 Å². The predicted octanol–water partition coefficient (Wildman–Crippen LogP) is 2.06. The van der Waals surface area contributed by atoms with Crippen LogP contribution in [0.25, 0.3) is 0 Å². The highest BCUT2D eigenvalue weighted by Gasteiger charge is 2.22. The average molecular weight is 330 g/mol. The van der Waals surface area contributed by atoms with Crippen LogP contribution in [0.2, 0.25) is 5.02 Å². The number of nitrogens with zero attached hydrogens (tertiary/aromatic N) is 2. The van der Waals surface area contributed by atoms with E-state index in [4.69, 9.17) is 16.7 Å². The molecule has 2 heterocycles. The van der Waals surface area contributed by atoms with E-state index in [1.807, 2.05) is 0 Å². The Morgan fingerprint density at radius 1 is 1.52 bits per heavy atom. The van der Waals surface area contributed by atoms with Crippen molar-refractivity contribution in [2.75, 3.05) is 4.72 Å². The van der Waals surface area contributed by atoms with Gasteiger partial charge in [0.05, 0.1) is 5.02 Å². The van der Waals surface area contributed by atoms with Crippen LogP contribution in [0, 0.1) is 0 Å². The molecule has 0 spiro atoms. The number of sulfonamides is 1. The summed E-state index contributed by atoms with van der Waals surface area (Å²) in [6.45, 7) is 2.05. The lowest BCUT2D eigenvalue weighted by Gasteiger charge is -2.06. The molecule has 0 saturated heterocycles. The third-order valence-corrected chi connectivity index (χ3v) is 4.34. The second-order valence-corrected chi connectivity index (χ2v) is 6.18. The van der Waals surface area contributed by atoms with Gasteiger partial charge in [-0.3, -0.25) is 4.72 Å². The number of aryl methyl sites for hydroxylation is 1. The lowest BCUT2D eigenvalue weighted by Crippen LogP contribution is -2.13. The van der Waals surface area contributed by atoms with Crippen molar-refractivity contribution in [3.63, 3.8) is 0 Å². The van der Waals surface area contributed by atoms with Crippen LogP contribution in [-0.4, -0.2) is 29.0 Å². The van der Waals surface area contributed by atoms with E-state index in [1.165, 1.54) is 23.0 Å². The Morgan fingerprint density at radius 3 is 2.76 bits per heavy atom. The molecule has 9 heteroatoms. The summed E-state index contributed by atoms with van der Waals surface area (Å²) in [5, 5.41) is 9.19. The van der Waals surface area contributed by atoms with Gasteiger partial charge < -0.3 is 9.67 Å². The summed E-state index contributed by atoms with van der Waals surface area (Å²) >= 11 is 5.84. The number of carbonyl (C=O) groups is 1. The van der Waals surface area contributed by atoms with Crippen LogP contribution in [0.15, 0.2) is 35.5 Å². The monoisotopic (exact) mass is 329 g/mol. The third-order valence-electron chi connectivity index (χ3n) is 2.73. The number of carboxylic acid groups (broad SMARTS) is 1. The van der Waals surface area contributed by atoms with Gasteiger partial charge in [0.25, 0.3) is 10.0 Å². The van der Waals surface area contributed by atoms with E-state index in [0.717, 1.165) is 6.07 Å². The van der Waals surface area contributed by atoms with E-state index in [0.29, 0.717) is 6.54 Å². The van der Waals surface area contributed by atoms with Crippen LogP contribution in [0.3, 0.4) is 0 Å². The Balaban J connectivity index is 2.41. The number of hydrogen-bond donors (Lipinski definition) is 2. The molecule has 0 unspecified atom stereocenters. The van der Waals surface area contributed by atoms with E-state index in [1.54, 1.807) is 13.0 Å². The quantitative estimate of drug-likeness (QED) is 0.874. The number of nitrogens with one attached hydrogen (secondary N) is 1. The lowest BCUT2D eigenvalue weighted by molar-refractivity contribution is 0.0685. The molecule has 0 bridgehead atoms. The van der Waals surface area contributed by atoms with Gasteiger partial charge in [-0.1, -0.05) is 11.6 Å². The molecule has 21 heavy (non-hydrogen) atoms. The van der Waals surface area contributed by atoms with Crippen molar-refractivity contribution in [1.82, 2.24) is 9.55 Å². The van der Waals surface area contributed by atoms with Crippen molar-refractivity contribution in [2.24, 2.45) is 0 Å². The molecule has 0 saturated carbocycles. The molecule has 0 aliphatic rings. The summed E-state index contributed by atoms with van der Waals surface area (Å²) < 4.78 is 28.0. The highest BCUT2D eigenvalue weighted by molar-refractivity contribution is 7.92. The van der Waals surface area contributed by atoms with Gasteiger partial charge in [-0.2, -0.15) is 0 Å². The molecule has 7 nitrogen and oxygen atoms in total. The SMILES string of the molecule is CCn1cc(S(=O)(=O)Nc2ncccc2Cl)cc1C(=O)O. The van der Waals surface area contributed by atoms with Crippen LogP contribution in [-0.2, 0) is 16.6 Å². The predicted molar refractivity (Wildman–Crippen MR) is 77.1 cm³/mol. The summed E-state index contributed by atoms with van der Waals surface area (Å²) in [5.74, 6) is -1.21. The molecular formula is C12H12ClN3O4S. The first-order valence-corrected chi connectivity index (χ1v) is 7.78. The van der Waals surface area contributed by atoms with Crippen molar-refractivity contribution in [2.45, 2.75) is 18.4 Å². The second kappa shape index (κ2) is 5.74. The fourth-order valence-electron chi connectivity index (χ4n) is 1.72. The van der Waals surface area contributed by atoms with Crippen molar-refractivity contribution in [3.8, 4) is 0 Å².